The van der Waals surface area contributed by atoms with Crippen LogP contribution in [0.4, 0.5) is 0 Å². The highest BCUT2D eigenvalue weighted by Gasteiger charge is 2.32. The van der Waals surface area contributed by atoms with Gasteiger partial charge in [-0.1, -0.05) is 20.8 Å². The molecule has 0 aromatic carbocycles. The molecule has 0 aromatic rings. The van der Waals surface area contributed by atoms with Crippen LogP contribution in [0.25, 0.3) is 0 Å². The van der Waals surface area contributed by atoms with Crippen LogP contribution in [0.15, 0.2) is 0 Å². The van der Waals surface area contributed by atoms with E-state index in [1.165, 1.54) is 0 Å². The molecule has 0 aromatic heterocycles. The number of ether oxygens (including phenoxy) is 1. The highest BCUT2D eigenvalue weighted by atomic mass is 16.5. The molecule has 2 amide bonds. The van der Waals surface area contributed by atoms with E-state index in [1.807, 2.05) is 0 Å². The van der Waals surface area contributed by atoms with Gasteiger partial charge in [-0.15, -0.1) is 0 Å². The van der Waals surface area contributed by atoms with Crippen LogP contribution in [0.3, 0.4) is 0 Å². The van der Waals surface area contributed by atoms with Crippen molar-refractivity contribution >= 4 is 11.8 Å². The number of nitrogens with one attached hydrogen (secondary N) is 2. The Morgan fingerprint density at radius 3 is 2.50 bits per heavy atom. The number of amides is 2. The van der Waals surface area contributed by atoms with Crippen molar-refractivity contribution in [1.29, 1.82) is 0 Å². The van der Waals surface area contributed by atoms with Gasteiger partial charge in [0.05, 0.1) is 13.2 Å². The van der Waals surface area contributed by atoms with Gasteiger partial charge in [-0.05, 0) is 0 Å². The minimum absolute atomic E-state index is 0.0763. The lowest BCUT2D eigenvalue weighted by Crippen LogP contribution is -2.47. The molecule has 1 rings (SSSR count). The third-order valence-corrected chi connectivity index (χ3v) is 2.79. The number of rotatable bonds is 4. The SMILES string of the molecule is CC(C)(C)C(=O)NCC(=O)NCC1(O)CCOC1. The van der Waals surface area contributed by atoms with Crippen LogP contribution in [0, 0.1) is 5.41 Å². The highest BCUT2D eigenvalue weighted by molar-refractivity contribution is 5.87. The van der Waals surface area contributed by atoms with Crippen molar-refractivity contribution in [2.24, 2.45) is 5.41 Å². The first-order valence-corrected chi connectivity index (χ1v) is 6.08. The summed E-state index contributed by atoms with van der Waals surface area (Å²) in [7, 11) is 0. The maximum Gasteiger partial charge on any atom is 0.239 e. The number of carbonyl (C=O) groups is 2. The van der Waals surface area contributed by atoms with Crippen LogP contribution in [-0.4, -0.2) is 48.8 Å². The lowest BCUT2D eigenvalue weighted by molar-refractivity contribution is -0.131. The molecule has 6 heteroatoms. The Morgan fingerprint density at radius 2 is 2.00 bits per heavy atom. The van der Waals surface area contributed by atoms with Gasteiger partial charge in [-0.25, -0.2) is 0 Å². The molecule has 1 atom stereocenters. The molecule has 6 nitrogen and oxygen atoms in total. The van der Waals surface area contributed by atoms with Crippen molar-refractivity contribution in [2.75, 3.05) is 26.3 Å². The average Bonchev–Trinajstić information content (AvgIpc) is 2.69. The summed E-state index contributed by atoms with van der Waals surface area (Å²) in [6.45, 7) is 6.15. The summed E-state index contributed by atoms with van der Waals surface area (Å²) in [6, 6.07) is 0. The summed E-state index contributed by atoms with van der Waals surface area (Å²) < 4.78 is 5.06. The second-order valence-electron chi connectivity index (χ2n) is 5.74. The molecule has 18 heavy (non-hydrogen) atoms. The minimum atomic E-state index is -0.969. The predicted molar refractivity (Wildman–Crippen MR) is 65.9 cm³/mol. The van der Waals surface area contributed by atoms with E-state index < -0.39 is 11.0 Å². The molecule has 1 aliphatic heterocycles. The fourth-order valence-electron chi connectivity index (χ4n) is 1.49. The van der Waals surface area contributed by atoms with Gasteiger partial charge in [0, 0.05) is 25.0 Å². The average molecular weight is 258 g/mol. The van der Waals surface area contributed by atoms with Gasteiger partial charge < -0.3 is 20.5 Å². The van der Waals surface area contributed by atoms with Gasteiger partial charge in [-0.3, -0.25) is 9.59 Å². The van der Waals surface area contributed by atoms with E-state index in [2.05, 4.69) is 10.6 Å². The molecular formula is C12H22N2O4. The molecule has 1 unspecified atom stereocenters. The summed E-state index contributed by atoms with van der Waals surface area (Å²) in [6.07, 6.45) is 0.516. The summed E-state index contributed by atoms with van der Waals surface area (Å²) in [5.41, 5.74) is -1.48. The van der Waals surface area contributed by atoms with E-state index in [-0.39, 0.29) is 31.5 Å². The fourth-order valence-corrected chi connectivity index (χ4v) is 1.49. The second kappa shape index (κ2) is 5.67. The maximum absolute atomic E-state index is 11.5. The van der Waals surface area contributed by atoms with Gasteiger partial charge >= 0.3 is 0 Å². The molecule has 0 radical (unpaired) electrons. The van der Waals surface area contributed by atoms with Gasteiger partial charge in [0.2, 0.25) is 11.8 Å². The Labute approximate surface area is 107 Å². The summed E-state index contributed by atoms with van der Waals surface area (Å²) in [5.74, 6) is -0.492. The first-order chi connectivity index (χ1) is 8.23. The molecule has 104 valence electrons. The second-order valence-corrected chi connectivity index (χ2v) is 5.74. The normalized spacial score (nSPS) is 23.8. The van der Waals surface area contributed by atoms with Crippen LogP contribution < -0.4 is 10.6 Å². The molecule has 1 aliphatic rings. The highest BCUT2D eigenvalue weighted by Crippen LogP contribution is 2.16. The molecule has 3 N–H and O–H groups in total. The third kappa shape index (κ3) is 4.62. The van der Waals surface area contributed by atoms with E-state index in [4.69, 9.17) is 4.74 Å². The molecule has 0 bridgehead atoms. The van der Waals surface area contributed by atoms with Gasteiger partial charge in [0.1, 0.15) is 5.60 Å². The van der Waals surface area contributed by atoms with Crippen molar-refractivity contribution in [2.45, 2.75) is 32.8 Å². The lowest BCUT2D eigenvalue weighted by Gasteiger charge is -2.21. The predicted octanol–water partition coefficient (Wildman–Crippen LogP) is -0.584. The largest absolute Gasteiger partial charge is 0.386 e. The van der Waals surface area contributed by atoms with Crippen LogP contribution in [0.1, 0.15) is 27.2 Å². The van der Waals surface area contributed by atoms with Gasteiger partial charge in [-0.2, -0.15) is 0 Å². The topological polar surface area (TPSA) is 87.7 Å². The molecule has 1 fully saturated rings. The first-order valence-electron chi connectivity index (χ1n) is 6.08. The molecule has 0 spiro atoms. The fraction of sp³-hybridized carbons (Fsp3) is 0.833. The Balaban J connectivity index is 2.24. The Morgan fingerprint density at radius 1 is 1.33 bits per heavy atom. The van der Waals surface area contributed by atoms with Crippen molar-refractivity contribution < 1.29 is 19.4 Å². The number of aliphatic hydroxyl groups is 1. The van der Waals surface area contributed by atoms with Crippen molar-refractivity contribution in [1.82, 2.24) is 10.6 Å². The van der Waals surface area contributed by atoms with Crippen molar-refractivity contribution in [3.63, 3.8) is 0 Å². The van der Waals surface area contributed by atoms with E-state index in [9.17, 15) is 14.7 Å². The van der Waals surface area contributed by atoms with Crippen molar-refractivity contribution in [3.05, 3.63) is 0 Å². The van der Waals surface area contributed by atoms with Crippen LogP contribution in [0.5, 0.6) is 0 Å². The summed E-state index contributed by atoms with van der Waals surface area (Å²) >= 11 is 0. The minimum Gasteiger partial charge on any atom is -0.386 e. The Hall–Kier alpha value is -1.14. The molecule has 0 saturated carbocycles. The maximum atomic E-state index is 11.5. The molecular weight excluding hydrogens is 236 g/mol. The third-order valence-electron chi connectivity index (χ3n) is 2.79. The monoisotopic (exact) mass is 258 g/mol. The van der Waals surface area contributed by atoms with Gasteiger partial charge in [0.25, 0.3) is 0 Å². The summed E-state index contributed by atoms with van der Waals surface area (Å²) in [4.78, 5) is 23.0. The smallest absolute Gasteiger partial charge is 0.239 e. The molecule has 1 saturated heterocycles. The standard InChI is InChI=1S/C12H22N2O4/c1-11(2,3)10(16)13-6-9(15)14-7-12(17)4-5-18-8-12/h17H,4-8H2,1-3H3,(H,13,16)(H,14,15). The van der Waals surface area contributed by atoms with Crippen LogP contribution in [0.2, 0.25) is 0 Å². The number of carbonyl (C=O) groups excluding carboxylic acids is 2. The van der Waals surface area contributed by atoms with Crippen LogP contribution >= 0.6 is 0 Å². The van der Waals surface area contributed by atoms with Crippen LogP contribution in [-0.2, 0) is 14.3 Å². The molecule has 1 heterocycles. The zero-order chi connectivity index (χ0) is 13.8. The molecule has 0 aliphatic carbocycles. The van der Waals surface area contributed by atoms with E-state index in [0.717, 1.165) is 0 Å². The zero-order valence-electron chi connectivity index (χ0n) is 11.2. The Kier molecular flexibility index (Phi) is 4.70. The van der Waals surface area contributed by atoms with Crippen molar-refractivity contribution in [3.8, 4) is 0 Å². The number of hydrogen-bond acceptors (Lipinski definition) is 4. The zero-order valence-corrected chi connectivity index (χ0v) is 11.2. The Bertz CT molecular complexity index is 317. The van der Waals surface area contributed by atoms with E-state index in [0.29, 0.717) is 13.0 Å². The first kappa shape index (κ1) is 14.9. The van der Waals surface area contributed by atoms with E-state index >= 15 is 0 Å². The van der Waals surface area contributed by atoms with E-state index in [1.54, 1.807) is 20.8 Å². The summed E-state index contributed by atoms with van der Waals surface area (Å²) in [5, 5.41) is 15.1. The number of hydrogen-bond donors (Lipinski definition) is 3. The quantitative estimate of drug-likeness (QED) is 0.629. The lowest BCUT2D eigenvalue weighted by atomic mass is 9.96. The van der Waals surface area contributed by atoms with Gasteiger partial charge in [0.15, 0.2) is 0 Å².